The second-order valence-electron chi connectivity index (χ2n) is 7.30. The molecule has 2 bridgehead atoms. The lowest BCUT2D eigenvalue weighted by atomic mass is 9.76. The molecular formula is C20H28N2O5. The Bertz CT molecular complexity index is 648. The molecule has 4 atom stereocenters. The number of aryl methyl sites for hydroxylation is 1. The predicted octanol–water partition coefficient (Wildman–Crippen LogP) is 2.75. The lowest BCUT2D eigenvalue weighted by Crippen LogP contribution is -2.44. The molecule has 2 aliphatic heterocycles. The SMILES string of the molecule is CCCOC(=O)NNC[C@H]1[C@@H](CCc2ccc(C(=O)O)cc2)[C@H]2CC[C@@H]1O2. The van der Waals surface area contributed by atoms with E-state index < -0.39 is 12.1 Å². The van der Waals surface area contributed by atoms with Crippen LogP contribution in [0.5, 0.6) is 0 Å². The number of ether oxygens (including phenoxy) is 2. The van der Waals surface area contributed by atoms with Gasteiger partial charge in [-0.15, -0.1) is 0 Å². The first kappa shape index (κ1) is 19.6. The number of carboxylic acid groups (broad SMARTS) is 1. The van der Waals surface area contributed by atoms with E-state index in [1.54, 1.807) is 12.1 Å². The van der Waals surface area contributed by atoms with Crippen LogP contribution in [0.4, 0.5) is 4.79 Å². The van der Waals surface area contributed by atoms with Gasteiger partial charge >= 0.3 is 12.1 Å². The van der Waals surface area contributed by atoms with Crippen LogP contribution in [0.25, 0.3) is 0 Å². The summed E-state index contributed by atoms with van der Waals surface area (Å²) < 4.78 is 11.1. The van der Waals surface area contributed by atoms with Crippen molar-refractivity contribution < 1.29 is 24.2 Å². The van der Waals surface area contributed by atoms with Gasteiger partial charge in [0.2, 0.25) is 0 Å². The Kier molecular flexibility index (Phi) is 6.68. The molecule has 1 aromatic rings. The molecule has 2 aliphatic rings. The average molecular weight is 376 g/mol. The number of hydrogen-bond acceptors (Lipinski definition) is 5. The average Bonchev–Trinajstić information content (AvgIpc) is 3.27. The summed E-state index contributed by atoms with van der Waals surface area (Å²) in [7, 11) is 0. The minimum Gasteiger partial charge on any atom is -0.478 e. The third kappa shape index (κ3) is 4.99. The van der Waals surface area contributed by atoms with E-state index in [2.05, 4.69) is 10.9 Å². The first-order valence-corrected chi connectivity index (χ1v) is 9.71. The predicted molar refractivity (Wildman–Crippen MR) is 99.4 cm³/mol. The highest BCUT2D eigenvalue weighted by Gasteiger charge is 2.48. The van der Waals surface area contributed by atoms with Crippen molar-refractivity contribution in [3.05, 3.63) is 35.4 Å². The largest absolute Gasteiger partial charge is 0.478 e. The van der Waals surface area contributed by atoms with Crippen LogP contribution >= 0.6 is 0 Å². The molecule has 0 unspecified atom stereocenters. The van der Waals surface area contributed by atoms with Gasteiger partial charge in [0.25, 0.3) is 0 Å². The first-order valence-electron chi connectivity index (χ1n) is 9.71. The quantitative estimate of drug-likeness (QED) is 0.574. The number of carbonyl (C=O) groups excluding carboxylic acids is 1. The van der Waals surface area contributed by atoms with Gasteiger partial charge in [-0.2, -0.15) is 0 Å². The summed E-state index contributed by atoms with van der Waals surface area (Å²) in [6, 6.07) is 7.08. The summed E-state index contributed by atoms with van der Waals surface area (Å²) in [5, 5.41) is 8.99. The van der Waals surface area contributed by atoms with Gasteiger partial charge in [-0.3, -0.25) is 5.43 Å². The van der Waals surface area contributed by atoms with E-state index in [0.29, 0.717) is 30.6 Å². The maximum absolute atomic E-state index is 11.5. The Morgan fingerprint density at radius 1 is 1.19 bits per heavy atom. The molecular weight excluding hydrogens is 348 g/mol. The van der Waals surface area contributed by atoms with Crippen molar-refractivity contribution in [1.29, 1.82) is 0 Å². The molecule has 3 rings (SSSR count). The monoisotopic (exact) mass is 376 g/mol. The Balaban J connectivity index is 1.49. The van der Waals surface area contributed by atoms with Crippen molar-refractivity contribution in [1.82, 2.24) is 10.9 Å². The molecule has 0 aromatic heterocycles. The van der Waals surface area contributed by atoms with Gasteiger partial charge in [0.1, 0.15) is 0 Å². The van der Waals surface area contributed by atoms with Gasteiger partial charge in [0.15, 0.2) is 0 Å². The number of amides is 1. The fraction of sp³-hybridized carbons (Fsp3) is 0.600. The molecule has 2 fully saturated rings. The van der Waals surface area contributed by atoms with Crippen LogP contribution in [-0.4, -0.2) is 42.5 Å². The summed E-state index contributed by atoms with van der Waals surface area (Å²) in [5.41, 5.74) is 7.04. The van der Waals surface area contributed by atoms with Crippen LogP contribution in [-0.2, 0) is 15.9 Å². The summed E-state index contributed by atoms with van der Waals surface area (Å²) in [6.45, 7) is 3.02. The number of fused-ring (bicyclic) bond motifs is 2. The fourth-order valence-corrected chi connectivity index (χ4v) is 4.17. The molecule has 2 heterocycles. The van der Waals surface area contributed by atoms with E-state index in [1.807, 2.05) is 19.1 Å². The Morgan fingerprint density at radius 3 is 2.56 bits per heavy atom. The number of rotatable bonds is 9. The molecule has 1 aromatic carbocycles. The molecule has 0 spiro atoms. The van der Waals surface area contributed by atoms with Gasteiger partial charge < -0.3 is 14.6 Å². The van der Waals surface area contributed by atoms with E-state index in [-0.39, 0.29) is 12.2 Å². The molecule has 1 amide bonds. The molecule has 7 heteroatoms. The van der Waals surface area contributed by atoms with Crippen molar-refractivity contribution in [2.24, 2.45) is 11.8 Å². The summed E-state index contributed by atoms with van der Waals surface area (Å²) in [5.74, 6) is -0.114. The molecule has 0 saturated carbocycles. The van der Waals surface area contributed by atoms with Crippen molar-refractivity contribution in [3.8, 4) is 0 Å². The highest BCUT2D eigenvalue weighted by atomic mass is 16.6. The molecule has 7 nitrogen and oxygen atoms in total. The van der Waals surface area contributed by atoms with E-state index in [4.69, 9.17) is 14.6 Å². The lowest BCUT2D eigenvalue weighted by molar-refractivity contribution is 0.0696. The second kappa shape index (κ2) is 9.19. The van der Waals surface area contributed by atoms with Gasteiger partial charge in [0, 0.05) is 12.5 Å². The number of nitrogens with one attached hydrogen (secondary N) is 2. The fourth-order valence-electron chi connectivity index (χ4n) is 4.17. The third-order valence-corrected chi connectivity index (χ3v) is 5.52. The Hall–Kier alpha value is -2.12. The van der Waals surface area contributed by atoms with Crippen LogP contribution < -0.4 is 10.9 Å². The highest BCUT2D eigenvalue weighted by Crippen LogP contribution is 2.45. The van der Waals surface area contributed by atoms with Gasteiger partial charge in [-0.1, -0.05) is 19.1 Å². The molecule has 0 aliphatic carbocycles. The smallest absolute Gasteiger partial charge is 0.421 e. The van der Waals surface area contributed by atoms with Gasteiger partial charge in [-0.05, 0) is 55.7 Å². The van der Waals surface area contributed by atoms with Crippen LogP contribution in [0.15, 0.2) is 24.3 Å². The summed E-state index contributed by atoms with van der Waals surface area (Å²) in [4.78, 5) is 22.5. The number of carbonyl (C=O) groups is 2. The van der Waals surface area contributed by atoms with Crippen LogP contribution in [0.1, 0.15) is 48.5 Å². The minimum atomic E-state index is -0.904. The van der Waals surface area contributed by atoms with Crippen molar-refractivity contribution >= 4 is 12.1 Å². The van der Waals surface area contributed by atoms with Crippen LogP contribution in [0.2, 0.25) is 0 Å². The van der Waals surface area contributed by atoms with E-state index in [1.165, 1.54) is 0 Å². The summed E-state index contributed by atoms with van der Waals surface area (Å²) in [6.07, 6.45) is 4.92. The number of hydrogen-bond donors (Lipinski definition) is 3. The molecule has 0 radical (unpaired) electrons. The third-order valence-electron chi connectivity index (χ3n) is 5.52. The maximum Gasteiger partial charge on any atom is 0.421 e. The van der Waals surface area contributed by atoms with Crippen molar-refractivity contribution in [2.45, 2.75) is 51.2 Å². The normalized spacial score (nSPS) is 26.1. The van der Waals surface area contributed by atoms with E-state index >= 15 is 0 Å². The standard InChI is InChI=1S/C20H28N2O5/c1-2-11-26-20(25)22-21-12-16-15(17-9-10-18(16)27-17)8-5-13-3-6-14(7-4-13)19(23)24/h3-4,6-7,15-18,21H,2,5,8-12H2,1H3,(H,22,25)(H,23,24)/t15-,16+,17-,18+/m1/s1. The topological polar surface area (TPSA) is 96.9 Å². The van der Waals surface area contributed by atoms with Gasteiger partial charge in [-0.25, -0.2) is 15.0 Å². The number of aromatic carboxylic acids is 1. The maximum atomic E-state index is 11.5. The van der Waals surface area contributed by atoms with Crippen LogP contribution in [0.3, 0.4) is 0 Å². The zero-order chi connectivity index (χ0) is 19.2. The Morgan fingerprint density at radius 2 is 1.89 bits per heavy atom. The van der Waals surface area contributed by atoms with E-state index in [0.717, 1.165) is 37.7 Å². The molecule has 3 N–H and O–H groups in total. The van der Waals surface area contributed by atoms with Crippen LogP contribution in [0, 0.1) is 11.8 Å². The van der Waals surface area contributed by atoms with Crippen molar-refractivity contribution in [2.75, 3.05) is 13.2 Å². The first-order chi connectivity index (χ1) is 13.1. The minimum absolute atomic E-state index is 0.246. The van der Waals surface area contributed by atoms with Gasteiger partial charge in [0.05, 0.1) is 24.4 Å². The van der Waals surface area contributed by atoms with Crippen molar-refractivity contribution in [3.63, 3.8) is 0 Å². The zero-order valence-corrected chi connectivity index (χ0v) is 15.6. The molecule has 148 valence electrons. The molecule has 27 heavy (non-hydrogen) atoms. The molecule has 2 saturated heterocycles. The number of benzene rings is 1. The Labute approximate surface area is 159 Å². The summed E-state index contributed by atoms with van der Waals surface area (Å²) >= 11 is 0. The number of hydrazine groups is 1. The number of carboxylic acids is 1. The lowest BCUT2D eigenvalue weighted by Gasteiger charge is -2.28. The highest BCUT2D eigenvalue weighted by molar-refractivity contribution is 5.87. The zero-order valence-electron chi connectivity index (χ0n) is 15.6. The van der Waals surface area contributed by atoms with E-state index in [9.17, 15) is 9.59 Å². The second-order valence-corrected chi connectivity index (χ2v) is 7.30.